The third kappa shape index (κ3) is 6.43. The SMILES string of the molecule is CS(=O)(=O)NC(=O)c1cc(OCCO)cc(OCCO)c1. The fraction of sp³-hybridized carbons (Fsp3) is 0.417. The average molecular weight is 319 g/mol. The molecular formula is C12H17NO7S. The van der Waals surface area contributed by atoms with Gasteiger partial charge in [0.2, 0.25) is 10.0 Å². The molecule has 21 heavy (non-hydrogen) atoms. The number of sulfonamides is 1. The molecule has 0 unspecified atom stereocenters. The van der Waals surface area contributed by atoms with E-state index in [-0.39, 0.29) is 43.5 Å². The normalized spacial score (nSPS) is 11.0. The smallest absolute Gasteiger partial charge is 0.264 e. The van der Waals surface area contributed by atoms with Crippen LogP contribution in [0.25, 0.3) is 0 Å². The third-order valence-corrected chi connectivity index (χ3v) is 2.70. The number of amides is 1. The molecule has 0 radical (unpaired) electrons. The first kappa shape index (κ1) is 17.2. The Kier molecular flexibility index (Phi) is 6.40. The van der Waals surface area contributed by atoms with E-state index in [1.807, 2.05) is 4.72 Å². The number of nitrogens with one attached hydrogen (secondary N) is 1. The molecule has 0 aliphatic carbocycles. The number of carbonyl (C=O) groups excluding carboxylic acids is 1. The molecule has 0 bridgehead atoms. The number of carbonyl (C=O) groups is 1. The summed E-state index contributed by atoms with van der Waals surface area (Å²) in [7, 11) is -3.69. The standard InChI is InChI=1S/C12H17NO7S/c1-21(17,18)13-12(16)9-6-10(19-4-2-14)8-11(7-9)20-5-3-15/h6-8,14-15H,2-5H2,1H3,(H,13,16). The maximum atomic E-state index is 11.8. The molecule has 0 aliphatic rings. The largest absolute Gasteiger partial charge is 0.491 e. The van der Waals surface area contributed by atoms with E-state index >= 15 is 0 Å². The minimum absolute atomic E-state index is 0.0105. The van der Waals surface area contributed by atoms with Crippen LogP contribution in [0.1, 0.15) is 10.4 Å². The van der Waals surface area contributed by atoms with E-state index < -0.39 is 15.9 Å². The number of aliphatic hydroxyl groups excluding tert-OH is 2. The number of hydrogen-bond acceptors (Lipinski definition) is 7. The summed E-state index contributed by atoms with van der Waals surface area (Å²) in [5.41, 5.74) is 0.0174. The highest BCUT2D eigenvalue weighted by molar-refractivity contribution is 7.89. The molecule has 0 aliphatic heterocycles. The number of aliphatic hydroxyl groups is 2. The lowest BCUT2D eigenvalue weighted by molar-refractivity contribution is 0.0980. The number of ether oxygens (including phenoxy) is 2. The van der Waals surface area contributed by atoms with Crippen molar-refractivity contribution < 1.29 is 32.9 Å². The van der Waals surface area contributed by atoms with Crippen molar-refractivity contribution in [3.05, 3.63) is 23.8 Å². The first-order valence-corrected chi connectivity index (χ1v) is 7.89. The van der Waals surface area contributed by atoms with Gasteiger partial charge in [-0.15, -0.1) is 0 Å². The van der Waals surface area contributed by atoms with Gasteiger partial charge in [0.05, 0.1) is 19.5 Å². The highest BCUT2D eigenvalue weighted by Gasteiger charge is 2.14. The molecule has 8 nitrogen and oxygen atoms in total. The van der Waals surface area contributed by atoms with E-state index in [2.05, 4.69) is 0 Å². The molecular weight excluding hydrogens is 302 g/mol. The summed E-state index contributed by atoms with van der Waals surface area (Å²) in [6.07, 6.45) is 0.861. The summed E-state index contributed by atoms with van der Waals surface area (Å²) >= 11 is 0. The lowest BCUT2D eigenvalue weighted by Crippen LogP contribution is -2.29. The highest BCUT2D eigenvalue weighted by Crippen LogP contribution is 2.23. The van der Waals surface area contributed by atoms with Gasteiger partial charge in [0.1, 0.15) is 24.7 Å². The van der Waals surface area contributed by atoms with E-state index in [9.17, 15) is 13.2 Å². The zero-order valence-corrected chi connectivity index (χ0v) is 12.2. The third-order valence-electron chi connectivity index (χ3n) is 2.14. The van der Waals surface area contributed by atoms with E-state index in [0.29, 0.717) is 0 Å². The van der Waals surface area contributed by atoms with Gasteiger partial charge < -0.3 is 19.7 Å². The highest BCUT2D eigenvalue weighted by atomic mass is 32.2. The molecule has 0 fully saturated rings. The fourth-order valence-electron chi connectivity index (χ4n) is 1.42. The average Bonchev–Trinajstić information content (AvgIpc) is 2.40. The summed E-state index contributed by atoms with van der Waals surface area (Å²) < 4.78 is 34.3. The van der Waals surface area contributed by atoms with Gasteiger partial charge in [-0.1, -0.05) is 0 Å². The van der Waals surface area contributed by atoms with Crippen LogP contribution in [-0.2, 0) is 10.0 Å². The van der Waals surface area contributed by atoms with Crippen LogP contribution in [0.3, 0.4) is 0 Å². The molecule has 0 spiro atoms. The van der Waals surface area contributed by atoms with Gasteiger partial charge in [0.15, 0.2) is 0 Å². The van der Waals surface area contributed by atoms with Gasteiger partial charge in [0, 0.05) is 11.6 Å². The Morgan fingerprint density at radius 3 is 1.95 bits per heavy atom. The van der Waals surface area contributed by atoms with Crippen LogP contribution in [0.2, 0.25) is 0 Å². The minimum atomic E-state index is -3.69. The van der Waals surface area contributed by atoms with Crippen molar-refractivity contribution in [2.24, 2.45) is 0 Å². The number of benzene rings is 1. The van der Waals surface area contributed by atoms with E-state index in [0.717, 1.165) is 6.26 Å². The topological polar surface area (TPSA) is 122 Å². The monoisotopic (exact) mass is 319 g/mol. The van der Waals surface area contributed by atoms with Gasteiger partial charge in [-0.3, -0.25) is 4.79 Å². The lowest BCUT2D eigenvalue weighted by atomic mass is 10.2. The fourth-order valence-corrected chi connectivity index (χ4v) is 1.88. The van der Waals surface area contributed by atoms with Crippen molar-refractivity contribution in [2.75, 3.05) is 32.7 Å². The molecule has 0 saturated carbocycles. The summed E-state index contributed by atoms with van der Waals surface area (Å²) in [5.74, 6) is -0.364. The maximum Gasteiger partial charge on any atom is 0.264 e. The lowest BCUT2D eigenvalue weighted by Gasteiger charge is -2.11. The van der Waals surface area contributed by atoms with Gasteiger partial charge in [-0.2, -0.15) is 0 Å². The Balaban J connectivity index is 3.02. The van der Waals surface area contributed by atoms with Crippen LogP contribution in [0.15, 0.2) is 18.2 Å². The van der Waals surface area contributed by atoms with Crippen molar-refractivity contribution in [1.82, 2.24) is 4.72 Å². The Labute approximate surface area is 122 Å². The zero-order chi connectivity index (χ0) is 15.9. The zero-order valence-electron chi connectivity index (χ0n) is 11.4. The Bertz CT molecular complexity index is 559. The summed E-state index contributed by atoms with van der Waals surface area (Å²) in [6, 6.07) is 4.10. The Morgan fingerprint density at radius 1 is 1.10 bits per heavy atom. The van der Waals surface area contributed by atoms with Crippen LogP contribution >= 0.6 is 0 Å². The molecule has 3 N–H and O–H groups in total. The van der Waals surface area contributed by atoms with E-state index in [4.69, 9.17) is 19.7 Å². The van der Waals surface area contributed by atoms with Crippen LogP contribution in [0.5, 0.6) is 11.5 Å². The van der Waals surface area contributed by atoms with Crippen LogP contribution in [0.4, 0.5) is 0 Å². The number of hydrogen-bond donors (Lipinski definition) is 3. The second-order valence-electron chi connectivity index (χ2n) is 4.04. The molecule has 118 valence electrons. The first-order chi connectivity index (χ1) is 9.85. The van der Waals surface area contributed by atoms with Crippen LogP contribution < -0.4 is 14.2 Å². The summed E-state index contributed by atoms with van der Waals surface area (Å²) in [6.45, 7) is -0.410. The predicted octanol–water partition coefficient (Wildman–Crippen LogP) is -0.882. The van der Waals surface area contributed by atoms with Gasteiger partial charge in [-0.05, 0) is 12.1 Å². The second kappa shape index (κ2) is 7.81. The quantitative estimate of drug-likeness (QED) is 0.568. The molecule has 0 atom stereocenters. The summed E-state index contributed by atoms with van der Waals surface area (Å²) in [4.78, 5) is 11.8. The molecule has 1 aromatic carbocycles. The summed E-state index contributed by atoms with van der Waals surface area (Å²) in [5, 5.41) is 17.4. The van der Waals surface area contributed by atoms with Gasteiger partial charge >= 0.3 is 0 Å². The van der Waals surface area contributed by atoms with E-state index in [1.54, 1.807) is 0 Å². The molecule has 1 rings (SSSR count). The molecule has 0 heterocycles. The van der Waals surface area contributed by atoms with Crippen molar-refractivity contribution >= 4 is 15.9 Å². The molecule has 9 heteroatoms. The molecule has 0 saturated heterocycles. The van der Waals surface area contributed by atoms with Crippen molar-refractivity contribution in [1.29, 1.82) is 0 Å². The predicted molar refractivity (Wildman–Crippen MR) is 73.9 cm³/mol. The minimum Gasteiger partial charge on any atom is -0.491 e. The Morgan fingerprint density at radius 2 is 1.57 bits per heavy atom. The van der Waals surface area contributed by atoms with Crippen molar-refractivity contribution in [3.63, 3.8) is 0 Å². The van der Waals surface area contributed by atoms with Gasteiger partial charge in [-0.25, -0.2) is 13.1 Å². The van der Waals surface area contributed by atoms with Crippen LogP contribution in [0, 0.1) is 0 Å². The number of rotatable bonds is 8. The molecule has 0 aromatic heterocycles. The molecule has 1 amide bonds. The van der Waals surface area contributed by atoms with Crippen LogP contribution in [-0.4, -0.2) is 57.2 Å². The van der Waals surface area contributed by atoms with Gasteiger partial charge in [0.25, 0.3) is 5.91 Å². The van der Waals surface area contributed by atoms with Crippen molar-refractivity contribution in [3.8, 4) is 11.5 Å². The second-order valence-corrected chi connectivity index (χ2v) is 5.79. The molecule has 1 aromatic rings. The maximum absolute atomic E-state index is 11.8. The Hall–Kier alpha value is -1.84. The van der Waals surface area contributed by atoms with E-state index in [1.165, 1.54) is 18.2 Å². The van der Waals surface area contributed by atoms with Crippen molar-refractivity contribution in [2.45, 2.75) is 0 Å². The first-order valence-electron chi connectivity index (χ1n) is 6.00.